The van der Waals surface area contributed by atoms with E-state index >= 15 is 0 Å². The lowest BCUT2D eigenvalue weighted by molar-refractivity contribution is -0.141. The molecule has 2 nitrogen and oxygen atoms in total. The molecule has 0 rings (SSSR count). The summed E-state index contributed by atoms with van der Waals surface area (Å²) < 4.78 is 5.34. The Bertz CT molecular complexity index is 208. The third kappa shape index (κ3) is 4.80. The summed E-state index contributed by atoms with van der Waals surface area (Å²) in [5.41, 5.74) is -0.835. The molecule has 0 aliphatic rings. The van der Waals surface area contributed by atoms with Crippen LogP contribution in [0.3, 0.4) is 0 Å². The van der Waals surface area contributed by atoms with Gasteiger partial charge in [0.05, 0.1) is 0 Å². The quantitative estimate of drug-likeness (QED) is 0.262. The summed E-state index contributed by atoms with van der Waals surface area (Å²) in [6, 6.07) is 0. The van der Waals surface area contributed by atoms with Gasteiger partial charge in [-0.2, -0.15) is 0 Å². The molecule has 13 heavy (non-hydrogen) atoms. The van der Waals surface area contributed by atoms with Crippen LogP contribution in [-0.4, -0.2) is 17.3 Å². The van der Waals surface area contributed by atoms with Gasteiger partial charge in [-0.3, -0.25) is 0 Å². The molecule has 0 aliphatic carbocycles. The topological polar surface area (TPSA) is 26.3 Å². The molecule has 0 saturated carbocycles. The summed E-state index contributed by atoms with van der Waals surface area (Å²) in [6.45, 7) is 11.7. The zero-order chi connectivity index (χ0) is 10.6. The Morgan fingerprint density at radius 3 is 2.31 bits per heavy atom. The molecular weight excluding hydrogens is 295 g/mol. The summed E-state index contributed by atoms with van der Waals surface area (Å²) in [7, 11) is 0. The second-order valence-corrected chi connectivity index (χ2v) is 15.8. The maximum absolute atomic E-state index is 11.3. The third-order valence-corrected chi connectivity index (χ3v) is 5.88. The molecule has 1 atom stereocenters. The van der Waals surface area contributed by atoms with Gasteiger partial charge < -0.3 is 4.74 Å². The van der Waals surface area contributed by atoms with Crippen LogP contribution in [0.1, 0.15) is 20.3 Å². The van der Waals surface area contributed by atoms with Crippen molar-refractivity contribution >= 4 is 33.3 Å². The molecule has 0 aromatic heterocycles. The van der Waals surface area contributed by atoms with Gasteiger partial charge >= 0.3 is 5.97 Å². The second-order valence-electron chi connectivity index (χ2n) is 3.65. The number of rotatable bonds is 4. The fraction of sp³-hybridized carbons (Fsp3) is 0.667. The lowest BCUT2D eigenvalue weighted by atomic mass is 10.4. The molecule has 1 unspecified atom stereocenters. The smallest absolute Gasteiger partial charge is 0.333 e. The number of carbonyl (C=O) groups excluding carboxylic acids is 1. The minimum absolute atomic E-state index is 0.0947. The van der Waals surface area contributed by atoms with Crippen LogP contribution in [0.25, 0.3) is 0 Å². The zero-order valence-electron chi connectivity index (χ0n) is 8.69. The van der Waals surface area contributed by atoms with Gasteiger partial charge in [0, 0.05) is 5.57 Å². The first-order valence-electron chi connectivity index (χ1n) is 4.34. The number of carbonyl (C=O) groups is 1. The standard InChI is InChI=1S/C9H17IO2Si/c1-6-8(13(4,5)10)12-9(11)7(2)3/h8H,2,6H2,1,3-5H3. The first kappa shape index (κ1) is 13.2. The van der Waals surface area contributed by atoms with Crippen molar-refractivity contribution in [3.63, 3.8) is 0 Å². The maximum Gasteiger partial charge on any atom is 0.333 e. The van der Waals surface area contributed by atoms with Gasteiger partial charge in [0.2, 0.25) is 0 Å². The Labute approximate surface area is 94.0 Å². The molecule has 76 valence electrons. The van der Waals surface area contributed by atoms with Gasteiger partial charge in [0.15, 0.2) is 5.57 Å². The van der Waals surface area contributed by atoms with Crippen LogP contribution in [0.15, 0.2) is 12.2 Å². The molecule has 0 bridgehead atoms. The average molecular weight is 312 g/mol. The first-order valence-corrected chi connectivity index (χ1v) is 10.5. The number of hydrogen-bond donors (Lipinski definition) is 0. The van der Waals surface area contributed by atoms with Gasteiger partial charge in [0.25, 0.3) is 0 Å². The van der Waals surface area contributed by atoms with E-state index in [1.165, 1.54) is 0 Å². The summed E-state index contributed by atoms with van der Waals surface area (Å²) in [4.78, 5) is 11.3. The van der Waals surface area contributed by atoms with E-state index in [1.807, 2.05) is 6.92 Å². The molecule has 4 heteroatoms. The normalized spacial score (nSPS) is 13.6. The zero-order valence-corrected chi connectivity index (χ0v) is 11.8. The Morgan fingerprint density at radius 1 is 1.62 bits per heavy atom. The second kappa shape index (κ2) is 5.14. The van der Waals surface area contributed by atoms with Crippen molar-refractivity contribution in [1.29, 1.82) is 0 Å². The molecule has 0 spiro atoms. The monoisotopic (exact) mass is 312 g/mol. The fourth-order valence-electron chi connectivity index (χ4n) is 0.939. The molecule has 0 aliphatic heterocycles. The number of halogens is 1. The Balaban J connectivity index is 4.31. The minimum Gasteiger partial charge on any atom is -0.462 e. The Hall–Kier alpha value is 0.157. The van der Waals surface area contributed by atoms with Crippen molar-refractivity contribution in [2.75, 3.05) is 0 Å². The van der Waals surface area contributed by atoms with E-state index in [9.17, 15) is 4.79 Å². The Kier molecular flexibility index (Phi) is 5.20. The van der Waals surface area contributed by atoms with E-state index in [0.717, 1.165) is 6.42 Å². The van der Waals surface area contributed by atoms with E-state index < -0.39 is 5.57 Å². The van der Waals surface area contributed by atoms with E-state index in [0.29, 0.717) is 5.57 Å². The summed E-state index contributed by atoms with van der Waals surface area (Å²) in [6.07, 6.45) is 0.890. The molecule has 0 fully saturated rings. The summed E-state index contributed by atoms with van der Waals surface area (Å²) in [5, 5.41) is 0. The van der Waals surface area contributed by atoms with Gasteiger partial charge in [-0.25, -0.2) is 4.79 Å². The van der Waals surface area contributed by atoms with Crippen molar-refractivity contribution in [1.82, 2.24) is 0 Å². The van der Waals surface area contributed by atoms with E-state index in [2.05, 4.69) is 41.5 Å². The molecule has 0 radical (unpaired) electrons. The highest BCUT2D eigenvalue weighted by Gasteiger charge is 2.31. The van der Waals surface area contributed by atoms with Crippen molar-refractivity contribution in [3.05, 3.63) is 12.2 Å². The molecule has 0 saturated heterocycles. The lowest BCUT2D eigenvalue weighted by Crippen LogP contribution is -2.38. The molecule has 0 heterocycles. The van der Waals surface area contributed by atoms with Gasteiger partial charge in [0.1, 0.15) is 5.73 Å². The van der Waals surface area contributed by atoms with Gasteiger partial charge in [-0.15, -0.1) is 21.8 Å². The van der Waals surface area contributed by atoms with Crippen molar-refractivity contribution in [2.45, 2.75) is 39.1 Å². The molecular formula is C9H17IO2Si. The largest absolute Gasteiger partial charge is 0.462 e. The molecule has 0 amide bonds. The van der Waals surface area contributed by atoms with Gasteiger partial charge in [-0.05, 0) is 13.3 Å². The highest BCUT2D eigenvalue weighted by atomic mass is 127. The van der Waals surface area contributed by atoms with Crippen LogP contribution in [0, 0.1) is 0 Å². The van der Waals surface area contributed by atoms with E-state index in [1.54, 1.807) is 6.92 Å². The number of ether oxygens (including phenoxy) is 1. The fourth-order valence-corrected chi connectivity index (χ4v) is 4.00. The SMILES string of the molecule is C=C(C)C(=O)OC(CC)[Si](C)(C)I. The number of hydrogen-bond acceptors (Lipinski definition) is 2. The van der Waals surface area contributed by atoms with Crippen LogP contribution < -0.4 is 0 Å². The molecule has 0 aromatic rings. The van der Waals surface area contributed by atoms with Crippen LogP contribution in [0.2, 0.25) is 13.1 Å². The van der Waals surface area contributed by atoms with Crippen LogP contribution in [0.4, 0.5) is 0 Å². The van der Waals surface area contributed by atoms with Crippen molar-refractivity contribution in [2.24, 2.45) is 0 Å². The Morgan fingerprint density at radius 2 is 2.08 bits per heavy atom. The highest BCUT2D eigenvalue weighted by Crippen LogP contribution is 2.22. The predicted molar refractivity (Wildman–Crippen MR) is 66.5 cm³/mol. The van der Waals surface area contributed by atoms with Gasteiger partial charge in [-0.1, -0.05) is 26.6 Å². The van der Waals surface area contributed by atoms with Crippen LogP contribution >= 0.6 is 21.8 Å². The first-order chi connectivity index (χ1) is 5.79. The molecule has 0 N–H and O–H groups in total. The minimum atomic E-state index is -1.41. The van der Waals surface area contributed by atoms with Crippen LogP contribution in [0.5, 0.6) is 0 Å². The maximum atomic E-state index is 11.3. The third-order valence-electron chi connectivity index (χ3n) is 1.73. The number of esters is 1. The predicted octanol–water partition coefficient (Wildman–Crippen LogP) is 3.06. The highest BCUT2D eigenvalue weighted by molar-refractivity contribution is 14.1. The van der Waals surface area contributed by atoms with Crippen molar-refractivity contribution < 1.29 is 9.53 Å². The summed E-state index contributed by atoms with van der Waals surface area (Å²) in [5.74, 6) is -0.260. The van der Waals surface area contributed by atoms with E-state index in [4.69, 9.17) is 4.74 Å². The molecule has 0 aromatic carbocycles. The lowest BCUT2D eigenvalue weighted by Gasteiger charge is -2.25. The van der Waals surface area contributed by atoms with Crippen LogP contribution in [-0.2, 0) is 9.53 Å². The van der Waals surface area contributed by atoms with E-state index in [-0.39, 0.29) is 11.7 Å². The average Bonchev–Trinajstić information content (AvgIpc) is 1.96. The summed E-state index contributed by atoms with van der Waals surface area (Å²) >= 11 is 2.43. The van der Waals surface area contributed by atoms with Crippen molar-refractivity contribution in [3.8, 4) is 0 Å².